The van der Waals surface area contributed by atoms with Crippen molar-refractivity contribution in [2.45, 2.75) is 19.8 Å². The van der Waals surface area contributed by atoms with Gasteiger partial charge in [-0.25, -0.2) is 0 Å². The Labute approximate surface area is 296 Å². The average Bonchev–Trinajstić information content (AvgIpc) is 3.17. The minimum absolute atomic E-state index is 0.0724. The zero-order valence-electron chi connectivity index (χ0n) is 28.2. The highest BCUT2D eigenvalue weighted by molar-refractivity contribution is 5.86. The van der Waals surface area contributed by atoms with Crippen molar-refractivity contribution in [1.82, 2.24) is 4.90 Å². The number of nitrogens with zero attached hydrogens (tertiary/aromatic N) is 1. The highest BCUT2D eigenvalue weighted by Gasteiger charge is 2.21. The molecule has 9 nitrogen and oxygen atoms in total. The highest BCUT2D eigenvalue weighted by atomic mass is 16.5. The van der Waals surface area contributed by atoms with Gasteiger partial charge in [0.05, 0.1) is 13.2 Å². The second-order valence-electron chi connectivity index (χ2n) is 12.2. The molecule has 260 valence electrons. The molecule has 2 heterocycles. The number of hydrogen-bond donors (Lipinski definition) is 1. The lowest BCUT2D eigenvalue weighted by Crippen LogP contribution is -2.38. The van der Waals surface area contributed by atoms with Crippen LogP contribution in [0.15, 0.2) is 131 Å². The minimum atomic E-state index is -0.397. The van der Waals surface area contributed by atoms with Crippen molar-refractivity contribution >= 4 is 11.0 Å². The van der Waals surface area contributed by atoms with Crippen LogP contribution in [-0.4, -0.2) is 49.5 Å². The molecule has 0 radical (unpaired) electrons. The lowest BCUT2D eigenvalue weighted by Gasteiger charge is -2.26. The molecule has 1 saturated heterocycles. The SMILES string of the molecule is O=c1cc(-c2cc(OCc3ccccc3)c(OCc3ccccc3)c(OCc3ccccc3)c2)oc2cc(OCCN3CCOCC3)cc(O)c12. The normalized spacial score (nSPS) is 13.2. The fourth-order valence-electron chi connectivity index (χ4n) is 5.86. The van der Waals surface area contributed by atoms with Gasteiger partial charge in [-0.15, -0.1) is 0 Å². The number of ether oxygens (including phenoxy) is 5. The molecular weight excluding hydrogens is 646 g/mol. The van der Waals surface area contributed by atoms with E-state index in [-0.39, 0.29) is 42.3 Å². The summed E-state index contributed by atoms with van der Waals surface area (Å²) in [6.07, 6.45) is 0. The van der Waals surface area contributed by atoms with E-state index in [1.807, 2.05) is 91.0 Å². The molecule has 5 aromatic carbocycles. The van der Waals surface area contributed by atoms with E-state index in [0.29, 0.717) is 54.9 Å². The largest absolute Gasteiger partial charge is 0.507 e. The van der Waals surface area contributed by atoms with Crippen LogP contribution in [0.2, 0.25) is 0 Å². The van der Waals surface area contributed by atoms with Crippen molar-refractivity contribution in [2.75, 3.05) is 39.5 Å². The Bertz CT molecular complexity index is 2030. The quantitative estimate of drug-likeness (QED) is 0.124. The van der Waals surface area contributed by atoms with Gasteiger partial charge in [0.1, 0.15) is 54.7 Å². The summed E-state index contributed by atoms with van der Waals surface area (Å²) < 4.78 is 37.0. The second kappa shape index (κ2) is 16.3. The maximum absolute atomic E-state index is 13.5. The highest BCUT2D eigenvalue weighted by Crippen LogP contribution is 2.43. The molecule has 7 rings (SSSR count). The number of aromatic hydroxyl groups is 1. The van der Waals surface area contributed by atoms with E-state index >= 15 is 0 Å². The zero-order chi connectivity index (χ0) is 34.8. The fraction of sp³-hybridized carbons (Fsp3) is 0.214. The van der Waals surface area contributed by atoms with Crippen LogP contribution in [-0.2, 0) is 24.6 Å². The van der Waals surface area contributed by atoms with Gasteiger partial charge in [0.15, 0.2) is 16.9 Å². The summed E-state index contributed by atoms with van der Waals surface area (Å²) in [6.45, 7) is 5.01. The van der Waals surface area contributed by atoms with Crippen LogP contribution in [0.25, 0.3) is 22.3 Å². The van der Waals surface area contributed by atoms with Crippen molar-refractivity contribution in [3.63, 3.8) is 0 Å². The van der Waals surface area contributed by atoms with Crippen LogP contribution < -0.4 is 24.4 Å². The molecule has 0 unspecified atom stereocenters. The first-order valence-corrected chi connectivity index (χ1v) is 17.0. The van der Waals surface area contributed by atoms with Crippen LogP contribution in [0.3, 0.4) is 0 Å². The van der Waals surface area contributed by atoms with E-state index in [1.165, 1.54) is 12.1 Å². The number of rotatable bonds is 14. The third-order valence-corrected chi connectivity index (χ3v) is 8.57. The van der Waals surface area contributed by atoms with Gasteiger partial charge in [-0.2, -0.15) is 0 Å². The van der Waals surface area contributed by atoms with Crippen LogP contribution in [0, 0.1) is 0 Å². The van der Waals surface area contributed by atoms with Crippen LogP contribution in [0.4, 0.5) is 0 Å². The van der Waals surface area contributed by atoms with E-state index in [2.05, 4.69) is 4.90 Å². The molecule has 9 heteroatoms. The summed E-state index contributed by atoms with van der Waals surface area (Å²) in [6, 6.07) is 37.5. The number of hydrogen-bond acceptors (Lipinski definition) is 9. The monoisotopic (exact) mass is 685 g/mol. The molecule has 51 heavy (non-hydrogen) atoms. The molecule has 6 aromatic rings. The summed E-state index contributed by atoms with van der Waals surface area (Å²) in [7, 11) is 0. The summed E-state index contributed by atoms with van der Waals surface area (Å²) in [5, 5.41) is 10.9. The van der Waals surface area contributed by atoms with Gasteiger partial charge < -0.3 is 33.2 Å². The predicted octanol–water partition coefficient (Wildman–Crippen LogP) is 7.61. The first kappa shape index (κ1) is 33.7. The lowest BCUT2D eigenvalue weighted by atomic mass is 10.1. The van der Waals surface area contributed by atoms with Gasteiger partial charge in [0.25, 0.3) is 0 Å². The molecule has 1 aromatic heterocycles. The maximum atomic E-state index is 13.5. The first-order valence-electron chi connectivity index (χ1n) is 17.0. The van der Waals surface area contributed by atoms with Gasteiger partial charge in [0.2, 0.25) is 5.75 Å². The first-order chi connectivity index (χ1) is 25.1. The van der Waals surface area contributed by atoms with Crippen molar-refractivity contribution in [1.29, 1.82) is 0 Å². The Hall–Kier alpha value is -5.77. The Morgan fingerprint density at radius 3 is 1.76 bits per heavy atom. The summed E-state index contributed by atoms with van der Waals surface area (Å²) in [5.74, 6) is 1.71. The van der Waals surface area contributed by atoms with Crippen LogP contribution >= 0.6 is 0 Å². The van der Waals surface area contributed by atoms with Gasteiger partial charge in [0, 0.05) is 43.4 Å². The van der Waals surface area contributed by atoms with Crippen molar-refractivity contribution in [3.05, 3.63) is 148 Å². The molecule has 1 aliphatic heterocycles. The molecule has 0 amide bonds. The van der Waals surface area contributed by atoms with E-state index < -0.39 is 5.43 Å². The summed E-state index contributed by atoms with van der Waals surface area (Å²) >= 11 is 0. The molecular formula is C42H39NO8. The van der Waals surface area contributed by atoms with E-state index in [4.69, 9.17) is 28.1 Å². The van der Waals surface area contributed by atoms with Crippen LogP contribution in [0.1, 0.15) is 16.7 Å². The van der Waals surface area contributed by atoms with E-state index in [0.717, 1.165) is 29.8 Å². The summed E-state index contributed by atoms with van der Waals surface area (Å²) in [4.78, 5) is 15.7. The van der Waals surface area contributed by atoms with Crippen molar-refractivity contribution in [2.24, 2.45) is 0 Å². The third-order valence-electron chi connectivity index (χ3n) is 8.57. The molecule has 0 bridgehead atoms. The van der Waals surface area contributed by atoms with Gasteiger partial charge in [-0.1, -0.05) is 91.0 Å². The van der Waals surface area contributed by atoms with E-state index in [1.54, 1.807) is 18.2 Å². The topological polar surface area (TPSA) is 99.8 Å². The van der Waals surface area contributed by atoms with Crippen molar-refractivity contribution in [3.8, 4) is 40.1 Å². The number of fused-ring (bicyclic) bond motifs is 1. The zero-order valence-corrected chi connectivity index (χ0v) is 28.2. The molecule has 1 fully saturated rings. The predicted molar refractivity (Wildman–Crippen MR) is 195 cm³/mol. The molecule has 0 atom stereocenters. The molecule has 0 spiro atoms. The third kappa shape index (κ3) is 8.70. The van der Waals surface area contributed by atoms with Crippen LogP contribution in [0.5, 0.6) is 28.7 Å². The van der Waals surface area contributed by atoms with Gasteiger partial charge in [-0.3, -0.25) is 9.69 Å². The number of phenols is 1. The number of phenolic OH excluding ortho intramolecular Hbond substituents is 1. The molecule has 0 saturated carbocycles. The maximum Gasteiger partial charge on any atom is 0.203 e. The smallest absolute Gasteiger partial charge is 0.203 e. The molecule has 1 N–H and O–H groups in total. The van der Waals surface area contributed by atoms with Crippen molar-refractivity contribution < 1.29 is 33.2 Å². The molecule has 0 aliphatic carbocycles. The molecule has 1 aliphatic rings. The fourth-order valence-corrected chi connectivity index (χ4v) is 5.86. The summed E-state index contributed by atoms with van der Waals surface area (Å²) in [5.41, 5.74) is 3.25. The standard InChI is InChI=1S/C42H39NO8/c44-35-24-34(47-21-18-43-16-19-46-20-17-43)25-38-41(35)36(45)26-37(51-38)33-22-39(48-27-30-10-4-1-5-11-30)42(50-29-32-14-8-3-9-15-32)40(23-33)49-28-31-12-6-2-7-13-31/h1-15,22-26,44H,16-21,27-29H2. The van der Waals surface area contributed by atoms with Gasteiger partial charge >= 0.3 is 0 Å². The second-order valence-corrected chi connectivity index (χ2v) is 12.2. The number of benzene rings is 5. The number of morpholine rings is 1. The Balaban J connectivity index is 1.25. The Kier molecular flexibility index (Phi) is 10.8. The lowest BCUT2D eigenvalue weighted by molar-refractivity contribution is 0.0322. The average molecular weight is 686 g/mol. The Morgan fingerprint density at radius 2 is 1.20 bits per heavy atom. The minimum Gasteiger partial charge on any atom is -0.507 e. The van der Waals surface area contributed by atoms with E-state index in [9.17, 15) is 9.90 Å². The van der Waals surface area contributed by atoms with Gasteiger partial charge in [-0.05, 0) is 28.8 Å². The Morgan fingerprint density at radius 1 is 0.647 bits per heavy atom.